The zero-order chi connectivity index (χ0) is 26.2. The van der Waals surface area contributed by atoms with E-state index in [1.54, 1.807) is 6.07 Å². The Morgan fingerprint density at radius 2 is 1.32 bits per heavy atom. The summed E-state index contributed by atoms with van der Waals surface area (Å²) in [4.78, 5) is 0. The number of hydrogen-bond donors (Lipinski definition) is 0. The third-order valence-corrected chi connectivity index (χ3v) is 8.36. The van der Waals surface area contributed by atoms with Gasteiger partial charge in [0.15, 0.2) is 0 Å². The highest BCUT2D eigenvalue weighted by atomic mass is 35.5. The highest BCUT2D eigenvalue weighted by Crippen LogP contribution is 2.37. The number of aryl methyl sites for hydroxylation is 3. The quantitative estimate of drug-likeness (QED) is 0.218. The average Bonchev–Trinajstić information content (AvgIpc) is 2.90. The van der Waals surface area contributed by atoms with Crippen LogP contribution < -0.4 is 0 Å². The summed E-state index contributed by atoms with van der Waals surface area (Å²) in [6.45, 7) is 2.24. The predicted molar refractivity (Wildman–Crippen MR) is 148 cm³/mol. The minimum atomic E-state index is -0.514. The molecule has 0 radical (unpaired) electrons. The van der Waals surface area contributed by atoms with E-state index in [4.69, 9.17) is 11.6 Å². The Morgan fingerprint density at radius 3 is 1.97 bits per heavy atom. The van der Waals surface area contributed by atoms with E-state index in [0.717, 1.165) is 12.0 Å². The molecule has 4 heteroatoms. The van der Waals surface area contributed by atoms with Crippen LogP contribution in [0, 0.1) is 23.4 Å². The first-order valence-corrected chi connectivity index (χ1v) is 14.3. The Labute approximate surface area is 225 Å². The molecule has 0 saturated heterocycles. The van der Waals surface area contributed by atoms with Crippen LogP contribution in [0.3, 0.4) is 0 Å². The lowest BCUT2D eigenvalue weighted by Gasteiger charge is -2.29. The van der Waals surface area contributed by atoms with E-state index in [-0.39, 0.29) is 17.0 Å². The number of hydrogen-bond acceptors (Lipinski definition) is 0. The standard InChI is InChI=1S/C33H38ClF3/c1-2-3-4-5-23-8-14-27(15-9-23)28-16-10-24(11-17-28)6-7-26-21-31(35)29(32(36)22-26)18-12-25-13-19-30(34)33(37)20-25/h8-9,13-15,19-22,24,28H,2-7,10-12,16-18H2,1H3/t24-,28-. The molecule has 0 nitrogen and oxygen atoms in total. The van der Waals surface area contributed by atoms with Crippen molar-refractivity contribution < 1.29 is 13.2 Å². The summed E-state index contributed by atoms with van der Waals surface area (Å²) in [5, 5.41) is 0.0470. The summed E-state index contributed by atoms with van der Waals surface area (Å²) in [5.41, 5.74) is 4.35. The van der Waals surface area contributed by atoms with Gasteiger partial charge in [0.2, 0.25) is 0 Å². The molecule has 1 fully saturated rings. The molecule has 3 aromatic rings. The van der Waals surface area contributed by atoms with Crippen molar-refractivity contribution in [1.82, 2.24) is 0 Å². The van der Waals surface area contributed by atoms with Crippen molar-refractivity contribution in [2.45, 2.75) is 89.9 Å². The Hall–Kier alpha value is -2.26. The summed E-state index contributed by atoms with van der Waals surface area (Å²) < 4.78 is 43.1. The maximum absolute atomic E-state index is 14.7. The molecular formula is C33H38ClF3. The van der Waals surface area contributed by atoms with Gasteiger partial charge in [-0.2, -0.15) is 0 Å². The molecule has 0 N–H and O–H groups in total. The number of unbranched alkanes of at least 4 members (excludes halogenated alkanes) is 2. The van der Waals surface area contributed by atoms with Crippen molar-refractivity contribution >= 4 is 11.6 Å². The zero-order valence-corrected chi connectivity index (χ0v) is 22.6. The van der Waals surface area contributed by atoms with Gasteiger partial charge in [0.05, 0.1) is 5.02 Å². The first-order chi connectivity index (χ1) is 17.9. The SMILES string of the molecule is CCCCCc1ccc([C@H]2CC[C@H](CCc3cc(F)c(CCc4ccc(Cl)c(F)c4)c(F)c3)CC2)cc1. The molecule has 0 bridgehead atoms. The van der Waals surface area contributed by atoms with E-state index in [1.807, 2.05) is 0 Å². The molecular weight excluding hydrogens is 489 g/mol. The van der Waals surface area contributed by atoms with E-state index < -0.39 is 17.5 Å². The van der Waals surface area contributed by atoms with Gasteiger partial charge in [0.25, 0.3) is 0 Å². The van der Waals surface area contributed by atoms with Crippen molar-refractivity contribution in [1.29, 1.82) is 0 Å². The van der Waals surface area contributed by atoms with Crippen LogP contribution in [0.5, 0.6) is 0 Å². The summed E-state index contributed by atoms with van der Waals surface area (Å²) in [7, 11) is 0. The minimum absolute atomic E-state index is 0.0470. The lowest BCUT2D eigenvalue weighted by molar-refractivity contribution is 0.310. The summed E-state index contributed by atoms with van der Waals surface area (Å²) in [6.07, 6.45) is 11.9. The van der Waals surface area contributed by atoms with E-state index in [9.17, 15) is 13.2 Å². The second-order valence-electron chi connectivity index (χ2n) is 10.7. The van der Waals surface area contributed by atoms with E-state index >= 15 is 0 Å². The van der Waals surface area contributed by atoms with Crippen molar-refractivity contribution in [2.75, 3.05) is 0 Å². The Kier molecular flexibility index (Phi) is 10.1. The Balaban J connectivity index is 1.24. The molecule has 1 aliphatic carbocycles. The van der Waals surface area contributed by atoms with Gasteiger partial charge in [-0.1, -0.05) is 61.7 Å². The number of rotatable bonds is 11. The molecule has 0 aromatic heterocycles. The van der Waals surface area contributed by atoms with E-state index in [0.29, 0.717) is 30.2 Å². The minimum Gasteiger partial charge on any atom is -0.207 e. The van der Waals surface area contributed by atoms with Gasteiger partial charge in [0.1, 0.15) is 17.5 Å². The van der Waals surface area contributed by atoms with Gasteiger partial charge in [-0.25, -0.2) is 13.2 Å². The lowest BCUT2D eigenvalue weighted by atomic mass is 9.76. The highest BCUT2D eigenvalue weighted by molar-refractivity contribution is 6.30. The molecule has 0 atom stereocenters. The van der Waals surface area contributed by atoms with Crippen LogP contribution in [0.1, 0.15) is 92.0 Å². The normalized spacial score (nSPS) is 17.8. The van der Waals surface area contributed by atoms with Crippen LogP contribution in [-0.2, 0) is 25.7 Å². The van der Waals surface area contributed by atoms with Gasteiger partial charge in [-0.05, 0) is 123 Å². The summed E-state index contributed by atoms with van der Waals surface area (Å²) in [6, 6.07) is 16.7. The maximum Gasteiger partial charge on any atom is 0.142 e. The molecule has 3 aromatic carbocycles. The third kappa shape index (κ3) is 7.87. The average molecular weight is 527 g/mol. The fourth-order valence-electron chi connectivity index (χ4n) is 5.69. The Morgan fingerprint density at radius 1 is 0.676 bits per heavy atom. The van der Waals surface area contributed by atoms with E-state index in [2.05, 4.69) is 31.2 Å². The van der Waals surface area contributed by atoms with Gasteiger partial charge in [-0.3, -0.25) is 0 Å². The van der Waals surface area contributed by atoms with Crippen molar-refractivity contribution in [3.8, 4) is 0 Å². The molecule has 0 aliphatic heterocycles. The summed E-state index contributed by atoms with van der Waals surface area (Å²) >= 11 is 5.71. The lowest BCUT2D eigenvalue weighted by Crippen LogP contribution is -2.14. The van der Waals surface area contributed by atoms with Gasteiger partial charge in [-0.15, -0.1) is 0 Å². The fraction of sp³-hybridized carbons (Fsp3) is 0.455. The largest absolute Gasteiger partial charge is 0.207 e. The van der Waals surface area contributed by atoms with Crippen LogP contribution in [0.15, 0.2) is 54.6 Å². The van der Waals surface area contributed by atoms with Crippen molar-refractivity contribution in [2.24, 2.45) is 5.92 Å². The maximum atomic E-state index is 14.7. The Bertz CT molecular complexity index is 1120. The topological polar surface area (TPSA) is 0 Å². The molecule has 4 rings (SSSR count). The third-order valence-electron chi connectivity index (χ3n) is 8.06. The smallest absolute Gasteiger partial charge is 0.142 e. The monoisotopic (exact) mass is 526 g/mol. The summed E-state index contributed by atoms with van der Waals surface area (Å²) in [5.74, 6) is -0.294. The van der Waals surface area contributed by atoms with Gasteiger partial charge in [0, 0.05) is 5.56 Å². The second-order valence-corrected chi connectivity index (χ2v) is 11.1. The van der Waals surface area contributed by atoms with Crippen LogP contribution in [0.4, 0.5) is 13.2 Å². The first kappa shape index (κ1) is 27.8. The molecule has 0 spiro atoms. The molecule has 1 aliphatic rings. The fourth-order valence-corrected chi connectivity index (χ4v) is 5.81. The first-order valence-electron chi connectivity index (χ1n) is 13.9. The highest BCUT2D eigenvalue weighted by Gasteiger charge is 2.22. The molecule has 0 heterocycles. The molecule has 1 saturated carbocycles. The number of benzene rings is 3. The predicted octanol–water partition coefficient (Wildman–Crippen LogP) is 10.2. The van der Waals surface area contributed by atoms with E-state index in [1.165, 1.54) is 86.8 Å². The van der Waals surface area contributed by atoms with Crippen molar-refractivity contribution in [3.05, 3.63) is 105 Å². The molecule has 0 amide bonds. The number of halogens is 4. The zero-order valence-electron chi connectivity index (χ0n) is 21.8. The van der Waals surface area contributed by atoms with Gasteiger partial charge < -0.3 is 0 Å². The van der Waals surface area contributed by atoms with Crippen LogP contribution in [0.2, 0.25) is 5.02 Å². The molecule has 198 valence electrons. The van der Waals surface area contributed by atoms with Crippen LogP contribution in [0.25, 0.3) is 0 Å². The van der Waals surface area contributed by atoms with Crippen molar-refractivity contribution in [3.63, 3.8) is 0 Å². The molecule has 37 heavy (non-hydrogen) atoms. The van der Waals surface area contributed by atoms with Gasteiger partial charge >= 0.3 is 0 Å². The van der Waals surface area contributed by atoms with Crippen LogP contribution >= 0.6 is 11.6 Å². The molecule has 0 unspecified atom stereocenters. The van der Waals surface area contributed by atoms with Crippen LogP contribution in [-0.4, -0.2) is 0 Å². The second kappa shape index (κ2) is 13.5.